The lowest BCUT2D eigenvalue weighted by Crippen LogP contribution is -2.87. The normalized spacial score (nSPS) is 10.1. The van der Waals surface area contributed by atoms with Crippen LogP contribution < -0.4 is 10.4 Å². The third-order valence-electron chi connectivity index (χ3n) is 0.707. The molecule has 0 fully saturated rings. The average Bonchev–Trinajstić information content (AvgIpc) is 1.80. The molecule has 0 rings (SSSR count). The zero-order valence-corrected chi connectivity index (χ0v) is 7.15. The second-order valence-electron chi connectivity index (χ2n) is 2.17. The van der Waals surface area contributed by atoms with Gasteiger partial charge in [-0.05, 0) is 13.8 Å². The van der Waals surface area contributed by atoms with E-state index in [2.05, 4.69) is 0 Å². The number of quaternary nitrogens is 1. The predicted octanol–water partition coefficient (Wildman–Crippen LogP) is -4.04. The van der Waals surface area contributed by atoms with E-state index in [1.807, 2.05) is 6.92 Å². The molecule has 6 heteroatoms. The maximum absolute atomic E-state index is 8.89. The molecule has 0 amide bonds. The summed E-state index contributed by atoms with van der Waals surface area (Å²) < 4.78 is 0. The molecule has 0 heterocycles. The number of hydrogen-bond acceptors (Lipinski definition) is 5. The van der Waals surface area contributed by atoms with E-state index in [-0.39, 0.29) is 6.54 Å². The highest BCUT2D eigenvalue weighted by molar-refractivity contribution is 5.60. The Hall–Kier alpha value is -0.690. The van der Waals surface area contributed by atoms with Gasteiger partial charge in [-0.3, -0.25) is 0 Å². The van der Waals surface area contributed by atoms with E-state index >= 15 is 0 Å². The van der Waals surface area contributed by atoms with Crippen molar-refractivity contribution in [2.45, 2.75) is 19.8 Å². The van der Waals surface area contributed by atoms with Crippen molar-refractivity contribution in [1.29, 1.82) is 0 Å². The van der Waals surface area contributed by atoms with Crippen LogP contribution in [0, 0.1) is 0 Å². The van der Waals surface area contributed by atoms with Crippen molar-refractivity contribution >= 4 is 5.97 Å². The minimum absolute atomic E-state index is 0.0938. The summed E-state index contributed by atoms with van der Waals surface area (Å²) in [6, 6.07) is 0. The van der Waals surface area contributed by atoms with Crippen molar-refractivity contribution in [3.05, 3.63) is 0 Å². The lowest BCUT2D eigenvalue weighted by atomic mass is 10.5. The van der Waals surface area contributed by atoms with E-state index in [1.54, 1.807) is 5.32 Å². The molecule has 12 heavy (non-hydrogen) atoms. The van der Waals surface area contributed by atoms with Crippen LogP contribution in [0.25, 0.3) is 0 Å². The Morgan fingerprint density at radius 3 is 1.92 bits per heavy atom. The van der Waals surface area contributed by atoms with Gasteiger partial charge in [-0.2, -0.15) is 0 Å². The van der Waals surface area contributed by atoms with Crippen molar-refractivity contribution in [3.8, 4) is 0 Å². The van der Waals surface area contributed by atoms with Gasteiger partial charge in [0.05, 0.1) is 6.54 Å². The van der Waals surface area contributed by atoms with Crippen molar-refractivity contribution < 1.29 is 30.5 Å². The Balaban J connectivity index is 0. The quantitative estimate of drug-likeness (QED) is 0.331. The van der Waals surface area contributed by atoms with Gasteiger partial charge in [0.25, 0.3) is 0 Å². The first-order valence-electron chi connectivity index (χ1n) is 3.46. The van der Waals surface area contributed by atoms with E-state index < -0.39 is 11.9 Å². The van der Waals surface area contributed by atoms with E-state index in [0.29, 0.717) is 0 Å². The monoisotopic (exact) mass is 181 g/mol. The zero-order valence-electron chi connectivity index (χ0n) is 7.15. The summed E-state index contributed by atoms with van der Waals surface area (Å²) in [4.78, 5) is 8.89. The maximum atomic E-state index is 8.89. The number of carbonyl (C=O) groups is 1. The fraction of sp³-hybridized carbons (Fsp3) is 0.833. The van der Waals surface area contributed by atoms with Gasteiger partial charge in [0.2, 0.25) is 0 Å². The number of aliphatic hydroxyl groups is 3. The van der Waals surface area contributed by atoms with Crippen LogP contribution in [0.15, 0.2) is 0 Å². The zero-order chi connectivity index (χ0) is 10.2. The summed E-state index contributed by atoms with van der Waals surface area (Å²) in [5.41, 5.74) is 0. The third kappa shape index (κ3) is 34.6. The maximum Gasteiger partial charge on any atom is 0.327 e. The molecule has 5 N–H and O–H groups in total. The van der Waals surface area contributed by atoms with Crippen LogP contribution in [0.2, 0.25) is 0 Å². The number of carboxylic acid groups (broad SMARTS) is 1. The number of likely N-dealkylation sites (N-methyl/N-ethyl adjacent to an activating group) is 1. The van der Waals surface area contributed by atoms with Crippen molar-refractivity contribution in [2.75, 3.05) is 13.1 Å². The molecule has 74 valence electrons. The fourth-order valence-electron chi connectivity index (χ4n) is 0.338. The van der Waals surface area contributed by atoms with Gasteiger partial charge in [0, 0.05) is 5.97 Å². The van der Waals surface area contributed by atoms with Gasteiger partial charge in [-0.15, -0.1) is 0 Å². The van der Waals surface area contributed by atoms with Crippen LogP contribution in [0.5, 0.6) is 0 Å². The van der Waals surface area contributed by atoms with Gasteiger partial charge in [0.1, 0.15) is 0 Å². The van der Waals surface area contributed by atoms with Crippen LogP contribution in [0.1, 0.15) is 13.8 Å². The van der Waals surface area contributed by atoms with E-state index in [4.69, 9.17) is 25.2 Å². The van der Waals surface area contributed by atoms with Crippen molar-refractivity contribution in [3.63, 3.8) is 0 Å². The largest absolute Gasteiger partial charge is 0.550 e. The molecule has 0 aromatic rings. The van der Waals surface area contributed by atoms with E-state index in [0.717, 1.165) is 13.5 Å². The smallest absolute Gasteiger partial charge is 0.327 e. The minimum Gasteiger partial charge on any atom is -0.550 e. The number of carbonyl (C=O) groups excluding carboxylic acids is 1. The molecule has 0 aromatic heterocycles. The minimum atomic E-state index is -2.50. The summed E-state index contributed by atoms with van der Waals surface area (Å²) in [6.45, 7) is 3.46. The molecule has 0 saturated carbocycles. The summed E-state index contributed by atoms with van der Waals surface area (Å²) in [5, 5.41) is 35.2. The molecule has 6 nitrogen and oxygen atoms in total. The molecule has 0 atom stereocenters. The highest BCUT2D eigenvalue weighted by atomic mass is 16.7. The molecule has 0 unspecified atom stereocenters. The number of hydrogen-bond donors (Lipinski definition) is 4. The average molecular weight is 181 g/mol. The molecule has 0 aliphatic carbocycles. The lowest BCUT2D eigenvalue weighted by molar-refractivity contribution is -0.685. The molecule has 0 bridgehead atoms. The number of carboxylic acids is 1. The third-order valence-corrected chi connectivity index (χ3v) is 0.707. The van der Waals surface area contributed by atoms with Crippen LogP contribution in [-0.2, 0) is 4.79 Å². The van der Waals surface area contributed by atoms with Gasteiger partial charge < -0.3 is 30.5 Å². The molecule has 0 saturated heterocycles. The van der Waals surface area contributed by atoms with Crippen molar-refractivity contribution in [1.82, 2.24) is 0 Å². The molecule has 0 radical (unpaired) electrons. The van der Waals surface area contributed by atoms with Crippen LogP contribution in [-0.4, -0.2) is 40.4 Å². The highest BCUT2D eigenvalue weighted by Crippen LogP contribution is 1.82. The Morgan fingerprint density at radius 2 is 1.83 bits per heavy atom. The molecule has 0 aromatic carbocycles. The molecular formula is C6H15NO5. The first-order chi connectivity index (χ1) is 5.29. The first-order valence-corrected chi connectivity index (χ1v) is 3.46. The molecule has 0 spiro atoms. The number of aliphatic carboxylic acids is 1. The predicted molar refractivity (Wildman–Crippen MR) is 37.4 cm³/mol. The lowest BCUT2D eigenvalue weighted by Gasteiger charge is -2.09. The van der Waals surface area contributed by atoms with Gasteiger partial charge in [0.15, 0.2) is 6.54 Å². The topological polar surface area (TPSA) is 117 Å². The number of rotatable bonds is 3. The van der Waals surface area contributed by atoms with Crippen LogP contribution in [0.4, 0.5) is 0 Å². The van der Waals surface area contributed by atoms with Gasteiger partial charge >= 0.3 is 5.97 Å². The second-order valence-corrected chi connectivity index (χ2v) is 2.17. The Bertz CT molecular complexity index is 116. The highest BCUT2D eigenvalue weighted by Gasteiger charge is 2.19. The van der Waals surface area contributed by atoms with Crippen LogP contribution >= 0.6 is 0 Å². The number of nitrogens with two attached hydrogens (primary N) is 1. The van der Waals surface area contributed by atoms with Gasteiger partial charge in [-0.25, -0.2) is 0 Å². The summed E-state index contributed by atoms with van der Waals surface area (Å²) in [7, 11) is 0. The Labute approximate surface area is 70.5 Å². The summed E-state index contributed by atoms with van der Waals surface area (Å²) in [5.74, 6) is -3.59. The van der Waals surface area contributed by atoms with E-state index in [9.17, 15) is 0 Å². The van der Waals surface area contributed by atoms with Gasteiger partial charge in [-0.1, -0.05) is 0 Å². The first kappa shape index (κ1) is 13.9. The SMILES string of the molecule is CC(=O)[O-].CC[NH2+]CC(O)(O)O. The van der Waals surface area contributed by atoms with Crippen molar-refractivity contribution in [2.24, 2.45) is 0 Å². The summed E-state index contributed by atoms with van der Waals surface area (Å²) in [6.07, 6.45) is 0. The molecular weight excluding hydrogens is 166 g/mol. The molecule has 0 aliphatic heterocycles. The Kier molecular flexibility index (Phi) is 8.07. The van der Waals surface area contributed by atoms with E-state index in [1.165, 1.54) is 0 Å². The summed E-state index contributed by atoms with van der Waals surface area (Å²) >= 11 is 0. The standard InChI is InChI=1S/C4H11NO3.C2H4O2/c1-2-5-3-4(6,7)8;1-2(3)4/h5-8H,2-3H2,1H3;1H3,(H,3,4). The fourth-order valence-corrected chi connectivity index (χ4v) is 0.338. The molecule has 0 aliphatic rings. The Morgan fingerprint density at radius 1 is 1.50 bits per heavy atom. The second kappa shape index (κ2) is 6.99. The van der Waals surface area contributed by atoms with Crippen LogP contribution in [0.3, 0.4) is 0 Å².